The Morgan fingerprint density at radius 3 is 2.47 bits per heavy atom. The van der Waals surface area contributed by atoms with Crippen LogP contribution in [-0.2, 0) is 10.3 Å². The summed E-state index contributed by atoms with van der Waals surface area (Å²) < 4.78 is 5.63. The lowest BCUT2D eigenvalue weighted by atomic mass is 9.90. The van der Waals surface area contributed by atoms with E-state index in [4.69, 9.17) is 4.74 Å². The molecule has 19 heavy (non-hydrogen) atoms. The van der Waals surface area contributed by atoms with E-state index in [1.807, 2.05) is 24.4 Å². The molecule has 4 heteroatoms. The minimum atomic E-state index is -0.264. The number of nitrogens with one attached hydrogen (secondary N) is 1. The second-order valence-corrected chi connectivity index (χ2v) is 5.29. The third kappa shape index (κ3) is 2.27. The lowest BCUT2D eigenvalue weighted by Gasteiger charge is -2.40. The van der Waals surface area contributed by atoms with Crippen LogP contribution in [0.4, 0.5) is 0 Å². The van der Waals surface area contributed by atoms with Gasteiger partial charge in [0.05, 0.1) is 5.69 Å². The fourth-order valence-electron chi connectivity index (χ4n) is 2.30. The first-order valence-electron chi connectivity index (χ1n) is 6.25. The SMILES string of the molecule is COC1(c2cc(-c3ccc(S)cc3)ccn2)CNC1. The Morgan fingerprint density at radius 2 is 1.89 bits per heavy atom. The van der Waals surface area contributed by atoms with Gasteiger partial charge >= 0.3 is 0 Å². The van der Waals surface area contributed by atoms with Crippen LogP contribution in [0.3, 0.4) is 0 Å². The summed E-state index contributed by atoms with van der Waals surface area (Å²) >= 11 is 4.31. The van der Waals surface area contributed by atoms with Crippen LogP contribution in [0.25, 0.3) is 11.1 Å². The van der Waals surface area contributed by atoms with Crippen molar-refractivity contribution in [1.82, 2.24) is 10.3 Å². The average Bonchev–Trinajstić information content (AvgIpc) is 2.39. The van der Waals surface area contributed by atoms with E-state index in [9.17, 15) is 0 Å². The van der Waals surface area contributed by atoms with E-state index >= 15 is 0 Å². The summed E-state index contributed by atoms with van der Waals surface area (Å²) in [4.78, 5) is 5.43. The van der Waals surface area contributed by atoms with Crippen LogP contribution >= 0.6 is 12.6 Å². The molecule has 1 aliphatic heterocycles. The first kappa shape index (κ1) is 12.7. The number of nitrogens with zero attached hydrogens (tertiary/aromatic N) is 1. The molecule has 0 amide bonds. The third-order valence-corrected chi connectivity index (χ3v) is 3.94. The molecule has 0 spiro atoms. The number of thiol groups is 1. The number of aromatic nitrogens is 1. The molecule has 0 unspecified atom stereocenters. The van der Waals surface area contributed by atoms with Gasteiger partial charge in [0.15, 0.2) is 0 Å². The lowest BCUT2D eigenvalue weighted by molar-refractivity contribution is -0.0598. The number of hydrogen-bond acceptors (Lipinski definition) is 4. The molecule has 1 aromatic carbocycles. The molecule has 0 radical (unpaired) electrons. The largest absolute Gasteiger partial charge is 0.369 e. The van der Waals surface area contributed by atoms with Crippen molar-refractivity contribution in [1.29, 1.82) is 0 Å². The number of rotatable bonds is 3. The number of methoxy groups -OCH3 is 1. The molecule has 2 heterocycles. The Bertz CT molecular complexity index is 573. The molecule has 98 valence electrons. The van der Waals surface area contributed by atoms with E-state index in [1.54, 1.807) is 7.11 Å². The second-order valence-electron chi connectivity index (χ2n) is 4.78. The van der Waals surface area contributed by atoms with Crippen molar-refractivity contribution in [2.75, 3.05) is 20.2 Å². The van der Waals surface area contributed by atoms with Crippen molar-refractivity contribution in [3.63, 3.8) is 0 Å². The Morgan fingerprint density at radius 1 is 1.16 bits per heavy atom. The summed E-state index contributed by atoms with van der Waals surface area (Å²) in [6.07, 6.45) is 1.85. The molecule has 1 fully saturated rings. The molecule has 1 aromatic heterocycles. The standard InChI is InChI=1S/C15H16N2OS/c1-18-15(9-16-10-15)14-8-12(6-7-17-14)11-2-4-13(19)5-3-11/h2-8,16,19H,9-10H2,1H3. The van der Waals surface area contributed by atoms with E-state index in [0.29, 0.717) is 0 Å². The highest BCUT2D eigenvalue weighted by molar-refractivity contribution is 7.80. The van der Waals surface area contributed by atoms with Crippen molar-refractivity contribution >= 4 is 12.6 Å². The van der Waals surface area contributed by atoms with Crippen molar-refractivity contribution < 1.29 is 4.74 Å². The first-order chi connectivity index (χ1) is 9.23. The minimum Gasteiger partial charge on any atom is -0.369 e. The van der Waals surface area contributed by atoms with Crippen LogP contribution in [0.1, 0.15) is 5.69 Å². The van der Waals surface area contributed by atoms with Crippen LogP contribution < -0.4 is 5.32 Å². The fraction of sp³-hybridized carbons (Fsp3) is 0.267. The quantitative estimate of drug-likeness (QED) is 0.842. The van der Waals surface area contributed by atoms with Crippen molar-refractivity contribution in [3.05, 3.63) is 48.3 Å². The van der Waals surface area contributed by atoms with Gasteiger partial charge in [0.2, 0.25) is 0 Å². The number of hydrogen-bond donors (Lipinski definition) is 2. The highest BCUT2D eigenvalue weighted by Crippen LogP contribution is 2.30. The Labute approximate surface area is 118 Å². The van der Waals surface area contributed by atoms with Crippen LogP contribution in [0.2, 0.25) is 0 Å². The van der Waals surface area contributed by atoms with Gasteiger partial charge in [-0.25, -0.2) is 0 Å². The summed E-state index contributed by atoms with van der Waals surface area (Å²) in [7, 11) is 1.74. The van der Waals surface area contributed by atoms with E-state index in [1.165, 1.54) is 5.56 Å². The Kier molecular flexibility index (Phi) is 3.31. The van der Waals surface area contributed by atoms with Crippen molar-refractivity contribution in [2.45, 2.75) is 10.5 Å². The third-order valence-electron chi connectivity index (χ3n) is 3.64. The van der Waals surface area contributed by atoms with Gasteiger partial charge in [0.25, 0.3) is 0 Å². The zero-order chi connectivity index (χ0) is 13.3. The van der Waals surface area contributed by atoms with Gasteiger partial charge in [-0.2, -0.15) is 0 Å². The Balaban J connectivity index is 1.98. The smallest absolute Gasteiger partial charge is 0.134 e. The molecule has 0 aliphatic carbocycles. The number of pyridine rings is 1. The summed E-state index contributed by atoms with van der Waals surface area (Å²) in [5.41, 5.74) is 3.04. The highest BCUT2D eigenvalue weighted by atomic mass is 32.1. The molecule has 0 saturated carbocycles. The normalized spacial score (nSPS) is 16.9. The van der Waals surface area contributed by atoms with E-state index in [-0.39, 0.29) is 5.60 Å². The molecule has 3 rings (SSSR count). The predicted molar refractivity (Wildman–Crippen MR) is 78.5 cm³/mol. The maximum atomic E-state index is 5.63. The van der Waals surface area contributed by atoms with Crippen molar-refractivity contribution in [3.8, 4) is 11.1 Å². The van der Waals surface area contributed by atoms with E-state index < -0.39 is 0 Å². The van der Waals surface area contributed by atoms with Gasteiger partial charge in [0.1, 0.15) is 5.60 Å². The van der Waals surface area contributed by atoms with Crippen molar-refractivity contribution in [2.24, 2.45) is 0 Å². The van der Waals surface area contributed by atoms with Gasteiger partial charge < -0.3 is 10.1 Å². The van der Waals surface area contributed by atoms with Gasteiger partial charge in [-0.05, 0) is 35.4 Å². The molecular formula is C15H16N2OS. The topological polar surface area (TPSA) is 34.1 Å². The van der Waals surface area contributed by atoms with E-state index in [2.05, 4.69) is 41.1 Å². The molecule has 1 N–H and O–H groups in total. The monoisotopic (exact) mass is 272 g/mol. The maximum Gasteiger partial charge on any atom is 0.134 e. The molecule has 3 nitrogen and oxygen atoms in total. The summed E-state index contributed by atoms with van der Waals surface area (Å²) in [5, 5.41) is 3.24. The lowest BCUT2D eigenvalue weighted by Crippen LogP contribution is -2.58. The maximum absolute atomic E-state index is 5.63. The molecule has 0 atom stereocenters. The van der Waals surface area contributed by atoms with Crippen LogP contribution in [0.5, 0.6) is 0 Å². The molecule has 0 bridgehead atoms. The Hall–Kier alpha value is -1.36. The highest BCUT2D eigenvalue weighted by Gasteiger charge is 2.40. The van der Waals surface area contributed by atoms with Gasteiger partial charge in [-0.3, -0.25) is 4.98 Å². The van der Waals surface area contributed by atoms with E-state index in [0.717, 1.165) is 29.2 Å². The first-order valence-corrected chi connectivity index (χ1v) is 6.70. The molecule has 2 aromatic rings. The summed E-state index contributed by atoms with van der Waals surface area (Å²) in [6.45, 7) is 1.63. The van der Waals surface area contributed by atoms with Crippen LogP contribution in [0, 0.1) is 0 Å². The summed E-state index contributed by atoms with van der Waals surface area (Å²) in [5.74, 6) is 0. The van der Waals surface area contributed by atoms with Gasteiger partial charge in [0, 0.05) is 31.3 Å². The number of ether oxygens (including phenoxy) is 1. The molecular weight excluding hydrogens is 256 g/mol. The average molecular weight is 272 g/mol. The van der Waals surface area contributed by atoms with Gasteiger partial charge in [-0.1, -0.05) is 12.1 Å². The predicted octanol–water partition coefficient (Wildman–Crippen LogP) is 2.48. The fourth-order valence-corrected chi connectivity index (χ4v) is 2.44. The van der Waals surface area contributed by atoms with Gasteiger partial charge in [-0.15, -0.1) is 12.6 Å². The zero-order valence-electron chi connectivity index (χ0n) is 10.8. The molecule has 1 aliphatic rings. The van der Waals surface area contributed by atoms with Crippen LogP contribution in [0.15, 0.2) is 47.5 Å². The second kappa shape index (κ2) is 4.96. The number of benzene rings is 1. The summed E-state index contributed by atoms with van der Waals surface area (Å²) in [6, 6.07) is 12.3. The molecule has 1 saturated heterocycles. The van der Waals surface area contributed by atoms with Crippen LogP contribution in [-0.4, -0.2) is 25.2 Å². The zero-order valence-corrected chi connectivity index (χ0v) is 11.7. The minimum absolute atomic E-state index is 0.264.